The van der Waals surface area contributed by atoms with Crippen molar-refractivity contribution in [3.8, 4) is 0 Å². The molecular weight excluding hydrogens is 312 g/mol. The Kier molecular flexibility index (Phi) is 4.04. The molecule has 7 rings (SSSR count). The molecule has 5 heteroatoms. The first-order valence-corrected chi connectivity index (χ1v) is 9.39. The van der Waals surface area contributed by atoms with Gasteiger partial charge in [-0.3, -0.25) is 4.90 Å². The highest BCUT2D eigenvalue weighted by Crippen LogP contribution is 2.55. The number of ether oxygens (including phenoxy) is 1. The Morgan fingerprint density at radius 3 is 2.04 bits per heavy atom. The topological polar surface area (TPSA) is 41.6 Å². The lowest BCUT2D eigenvalue weighted by Crippen LogP contribution is -2.61. The third kappa shape index (κ3) is 2.86. The van der Waals surface area contributed by atoms with Crippen LogP contribution in [-0.4, -0.2) is 42.3 Å². The zero-order chi connectivity index (χ0) is 14.7. The molecule has 0 aromatic rings. The molecule has 4 nitrogen and oxygen atoms in total. The summed E-state index contributed by atoms with van der Waals surface area (Å²) in [6.07, 6.45) is 10.3. The highest BCUT2D eigenvalue weighted by molar-refractivity contribution is 5.85. The number of nitrogens with one attached hydrogen (secondary N) is 1. The molecule has 7 fully saturated rings. The van der Waals surface area contributed by atoms with E-state index >= 15 is 0 Å². The highest BCUT2D eigenvalue weighted by atomic mass is 35.5. The molecule has 3 heterocycles. The van der Waals surface area contributed by atoms with E-state index in [1.165, 1.54) is 64.5 Å². The third-order valence-electron chi connectivity index (χ3n) is 7.26. The van der Waals surface area contributed by atoms with Crippen LogP contribution in [0.25, 0.3) is 0 Å². The smallest absolute Gasteiger partial charge is 0.407 e. The van der Waals surface area contributed by atoms with Gasteiger partial charge in [0.25, 0.3) is 0 Å². The standard InChI is InChI=1S/C18H28N2O2.ClH/c21-17(22-16-11-20-3-1-15(16)2-4-20)19-18-8-12-5-13(9-18)7-14(6-12)10-18;/h12-16H,1-11H2,(H,19,21);1H. The van der Waals surface area contributed by atoms with Gasteiger partial charge >= 0.3 is 6.09 Å². The average molecular weight is 341 g/mol. The monoisotopic (exact) mass is 340 g/mol. The summed E-state index contributed by atoms with van der Waals surface area (Å²) in [6.45, 7) is 3.35. The molecule has 1 unspecified atom stereocenters. The molecule has 3 aliphatic heterocycles. The normalized spacial score (nSPS) is 49.6. The molecule has 1 atom stereocenters. The van der Waals surface area contributed by atoms with Crippen LogP contribution in [-0.2, 0) is 4.74 Å². The molecule has 0 spiro atoms. The first kappa shape index (κ1) is 16.0. The average Bonchev–Trinajstić information content (AvgIpc) is 2.46. The van der Waals surface area contributed by atoms with E-state index < -0.39 is 0 Å². The van der Waals surface area contributed by atoms with E-state index in [9.17, 15) is 4.79 Å². The van der Waals surface area contributed by atoms with Crippen LogP contribution in [0.2, 0.25) is 0 Å². The molecule has 1 N–H and O–H groups in total. The number of amides is 1. The summed E-state index contributed by atoms with van der Waals surface area (Å²) < 4.78 is 5.87. The number of carbonyl (C=O) groups is 1. The summed E-state index contributed by atoms with van der Waals surface area (Å²) in [5.74, 6) is 3.20. The Morgan fingerprint density at radius 1 is 1.00 bits per heavy atom. The van der Waals surface area contributed by atoms with E-state index in [4.69, 9.17) is 4.74 Å². The van der Waals surface area contributed by atoms with E-state index in [1.807, 2.05) is 0 Å². The Hall–Kier alpha value is -0.480. The van der Waals surface area contributed by atoms with E-state index in [-0.39, 0.29) is 30.1 Å². The molecule has 0 aromatic heterocycles. The van der Waals surface area contributed by atoms with Crippen LogP contribution in [0.1, 0.15) is 51.4 Å². The second-order valence-corrected chi connectivity index (χ2v) is 8.90. The third-order valence-corrected chi connectivity index (χ3v) is 7.26. The van der Waals surface area contributed by atoms with Gasteiger partial charge in [-0.15, -0.1) is 12.4 Å². The van der Waals surface area contributed by atoms with Crippen LogP contribution in [0, 0.1) is 23.7 Å². The number of hydrogen-bond acceptors (Lipinski definition) is 3. The van der Waals surface area contributed by atoms with Gasteiger partial charge in [0.1, 0.15) is 6.10 Å². The Balaban J connectivity index is 0.00000135. The second-order valence-electron chi connectivity index (χ2n) is 8.90. The number of halogens is 1. The van der Waals surface area contributed by atoms with Gasteiger partial charge in [-0.05, 0) is 88.1 Å². The van der Waals surface area contributed by atoms with Crippen LogP contribution in [0.4, 0.5) is 4.79 Å². The maximum atomic E-state index is 12.5. The molecule has 7 aliphatic rings. The van der Waals surface area contributed by atoms with Crippen LogP contribution in [0.5, 0.6) is 0 Å². The van der Waals surface area contributed by atoms with Crippen molar-refractivity contribution in [2.75, 3.05) is 19.6 Å². The minimum atomic E-state index is -0.124. The number of fused-ring (bicyclic) bond motifs is 3. The summed E-state index contributed by atoms with van der Waals surface area (Å²) in [5.41, 5.74) is 0.0831. The molecule has 0 aromatic carbocycles. The zero-order valence-corrected chi connectivity index (χ0v) is 14.7. The van der Waals surface area contributed by atoms with Crippen molar-refractivity contribution in [1.82, 2.24) is 10.2 Å². The Labute approximate surface area is 145 Å². The molecule has 4 aliphatic carbocycles. The van der Waals surface area contributed by atoms with Gasteiger partial charge < -0.3 is 10.1 Å². The number of carbonyl (C=O) groups excluding carboxylic acids is 1. The van der Waals surface area contributed by atoms with Crippen molar-refractivity contribution < 1.29 is 9.53 Å². The number of piperidine rings is 3. The summed E-state index contributed by atoms with van der Waals surface area (Å²) in [6, 6.07) is 0. The van der Waals surface area contributed by atoms with Crippen LogP contribution < -0.4 is 5.32 Å². The molecule has 23 heavy (non-hydrogen) atoms. The molecular formula is C18H29ClN2O2. The largest absolute Gasteiger partial charge is 0.445 e. The molecule has 130 valence electrons. The summed E-state index contributed by atoms with van der Waals surface area (Å²) in [7, 11) is 0. The fraction of sp³-hybridized carbons (Fsp3) is 0.944. The molecule has 3 saturated heterocycles. The quantitative estimate of drug-likeness (QED) is 0.839. The summed E-state index contributed by atoms with van der Waals surface area (Å²) >= 11 is 0. The van der Waals surface area contributed by atoms with Crippen molar-refractivity contribution in [3.63, 3.8) is 0 Å². The summed E-state index contributed by atoms with van der Waals surface area (Å²) in [4.78, 5) is 15.0. The summed E-state index contributed by atoms with van der Waals surface area (Å²) in [5, 5.41) is 3.35. The van der Waals surface area contributed by atoms with Gasteiger partial charge in [0.05, 0.1) is 0 Å². The van der Waals surface area contributed by atoms with Gasteiger partial charge in [0.15, 0.2) is 0 Å². The first-order chi connectivity index (χ1) is 10.7. The van der Waals surface area contributed by atoms with Crippen LogP contribution in [0.3, 0.4) is 0 Å². The van der Waals surface area contributed by atoms with Gasteiger partial charge in [-0.25, -0.2) is 4.79 Å². The van der Waals surface area contributed by atoms with E-state index in [2.05, 4.69) is 10.2 Å². The second kappa shape index (κ2) is 5.80. The molecule has 4 saturated carbocycles. The lowest BCUT2D eigenvalue weighted by Gasteiger charge is -2.56. The zero-order valence-electron chi connectivity index (χ0n) is 13.8. The maximum absolute atomic E-state index is 12.5. The SMILES string of the molecule is Cl.O=C(NC12CC3CC(CC(C3)C1)C2)OC1CN2CCC1CC2. The van der Waals surface area contributed by atoms with Gasteiger partial charge in [0.2, 0.25) is 0 Å². The van der Waals surface area contributed by atoms with Gasteiger partial charge in [-0.1, -0.05) is 0 Å². The van der Waals surface area contributed by atoms with Crippen LogP contribution >= 0.6 is 12.4 Å². The molecule has 0 radical (unpaired) electrons. The van der Waals surface area contributed by atoms with E-state index in [0.717, 1.165) is 24.3 Å². The minimum absolute atomic E-state index is 0. The van der Waals surface area contributed by atoms with Crippen molar-refractivity contribution >= 4 is 18.5 Å². The van der Waals surface area contributed by atoms with E-state index in [0.29, 0.717) is 5.92 Å². The Bertz CT molecular complexity index is 440. The molecule has 6 bridgehead atoms. The van der Waals surface area contributed by atoms with Crippen molar-refractivity contribution in [1.29, 1.82) is 0 Å². The van der Waals surface area contributed by atoms with Crippen LogP contribution in [0.15, 0.2) is 0 Å². The molecule has 1 amide bonds. The highest BCUT2D eigenvalue weighted by Gasteiger charge is 2.52. The Morgan fingerprint density at radius 2 is 1.57 bits per heavy atom. The number of alkyl carbamates (subject to hydrolysis) is 1. The number of hydrogen-bond donors (Lipinski definition) is 1. The predicted molar refractivity (Wildman–Crippen MR) is 90.7 cm³/mol. The van der Waals surface area contributed by atoms with Gasteiger partial charge in [0, 0.05) is 12.1 Å². The fourth-order valence-electron chi connectivity index (χ4n) is 6.69. The van der Waals surface area contributed by atoms with E-state index in [1.54, 1.807) is 0 Å². The van der Waals surface area contributed by atoms with Crippen molar-refractivity contribution in [3.05, 3.63) is 0 Å². The van der Waals surface area contributed by atoms with Gasteiger partial charge in [-0.2, -0.15) is 0 Å². The lowest BCUT2D eigenvalue weighted by atomic mass is 9.53. The minimum Gasteiger partial charge on any atom is -0.445 e. The number of nitrogens with zero attached hydrogens (tertiary/aromatic N) is 1. The predicted octanol–water partition coefficient (Wildman–Crippen LogP) is 3.20. The fourth-order valence-corrected chi connectivity index (χ4v) is 6.69. The maximum Gasteiger partial charge on any atom is 0.407 e. The first-order valence-electron chi connectivity index (χ1n) is 9.39. The van der Waals surface area contributed by atoms with Crippen molar-refractivity contribution in [2.45, 2.75) is 63.0 Å². The van der Waals surface area contributed by atoms with Crippen molar-refractivity contribution in [2.24, 2.45) is 23.7 Å². The lowest BCUT2D eigenvalue weighted by molar-refractivity contribution is -0.0493. The number of rotatable bonds is 2.